The lowest BCUT2D eigenvalue weighted by Crippen LogP contribution is -2.47. The summed E-state index contributed by atoms with van der Waals surface area (Å²) in [5, 5.41) is 3.03. The molecule has 4 heteroatoms. The topological polar surface area (TPSA) is 42.0 Å². The molecule has 0 aliphatic heterocycles. The van der Waals surface area contributed by atoms with Gasteiger partial charge in [0, 0.05) is 11.7 Å². The first-order valence-electron chi connectivity index (χ1n) is 6.03. The van der Waals surface area contributed by atoms with E-state index in [0.29, 0.717) is 5.56 Å². The fourth-order valence-corrected chi connectivity index (χ4v) is 2.31. The van der Waals surface area contributed by atoms with Gasteiger partial charge in [0.25, 0.3) is 5.91 Å². The monoisotopic (exact) mass is 236 g/mol. The first-order valence-corrected chi connectivity index (χ1v) is 6.03. The Labute approximate surface area is 100 Å². The Balaban J connectivity index is 2.03. The average molecular weight is 236 g/mol. The molecule has 0 bridgehead atoms. The molecule has 1 saturated carbocycles. The number of nitrogens with one attached hydrogen (secondary N) is 1. The van der Waals surface area contributed by atoms with E-state index < -0.39 is 5.95 Å². The second-order valence-corrected chi connectivity index (χ2v) is 4.95. The van der Waals surface area contributed by atoms with Gasteiger partial charge in [-0.25, -0.2) is 4.98 Å². The maximum absolute atomic E-state index is 12.6. The van der Waals surface area contributed by atoms with E-state index in [2.05, 4.69) is 17.2 Å². The Kier molecular flexibility index (Phi) is 3.41. The fourth-order valence-electron chi connectivity index (χ4n) is 2.31. The second kappa shape index (κ2) is 4.82. The van der Waals surface area contributed by atoms with Gasteiger partial charge in [-0.15, -0.1) is 0 Å². The highest BCUT2D eigenvalue weighted by Gasteiger charge is 2.28. The largest absolute Gasteiger partial charge is 0.347 e. The van der Waals surface area contributed by atoms with Crippen molar-refractivity contribution in [1.29, 1.82) is 0 Å². The molecular formula is C13H17FN2O. The van der Waals surface area contributed by atoms with Crippen LogP contribution in [0.1, 0.15) is 49.4 Å². The molecule has 0 saturated heterocycles. The number of hydrogen-bond donors (Lipinski definition) is 1. The van der Waals surface area contributed by atoms with Gasteiger partial charge in [-0.2, -0.15) is 4.39 Å². The van der Waals surface area contributed by atoms with Crippen molar-refractivity contribution >= 4 is 5.91 Å². The van der Waals surface area contributed by atoms with Crippen molar-refractivity contribution in [3.8, 4) is 0 Å². The molecule has 1 aliphatic rings. The van der Waals surface area contributed by atoms with Gasteiger partial charge >= 0.3 is 0 Å². The van der Waals surface area contributed by atoms with Crippen molar-refractivity contribution in [2.75, 3.05) is 0 Å². The van der Waals surface area contributed by atoms with Crippen LogP contribution < -0.4 is 5.32 Å². The summed E-state index contributed by atoms with van der Waals surface area (Å²) in [4.78, 5) is 15.4. The van der Waals surface area contributed by atoms with Crippen LogP contribution >= 0.6 is 0 Å². The summed E-state index contributed by atoms with van der Waals surface area (Å²) in [7, 11) is 0. The molecule has 3 nitrogen and oxygen atoms in total. The molecule has 0 radical (unpaired) electrons. The quantitative estimate of drug-likeness (QED) is 0.802. The minimum atomic E-state index is -0.564. The summed E-state index contributed by atoms with van der Waals surface area (Å²) in [6.07, 6.45) is 6.83. The van der Waals surface area contributed by atoms with Gasteiger partial charge in [0.1, 0.15) is 0 Å². The number of rotatable bonds is 2. The van der Waals surface area contributed by atoms with Crippen LogP contribution in [-0.2, 0) is 0 Å². The van der Waals surface area contributed by atoms with Crippen LogP contribution in [0, 0.1) is 5.95 Å². The zero-order valence-electron chi connectivity index (χ0n) is 10.0. The number of carbonyl (C=O) groups is 1. The predicted octanol–water partition coefficient (Wildman–Crippen LogP) is 2.67. The van der Waals surface area contributed by atoms with Crippen molar-refractivity contribution in [2.45, 2.75) is 44.6 Å². The minimum Gasteiger partial charge on any atom is -0.347 e. The Morgan fingerprint density at radius 1 is 1.35 bits per heavy atom. The molecule has 92 valence electrons. The molecule has 1 N–H and O–H groups in total. The molecule has 1 heterocycles. The normalized spacial score (nSPS) is 18.7. The third-order valence-electron chi connectivity index (χ3n) is 3.36. The van der Waals surface area contributed by atoms with Crippen LogP contribution in [0.15, 0.2) is 18.3 Å². The van der Waals surface area contributed by atoms with E-state index in [-0.39, 0.29) is 11.4 Å². The highest BCUT2D eigenvalue weighted by atomic mass is 19.1. The Morgan fingerprint density at radius 2 is 2.06 bits per heavy atom. The Morgan fingerprint density at radius 3 is 2.65 bits per heavy atom. The lowest BCUT2D eigenvalue weighted by molar-refractivity contribution is 0.0882. The fraction of sp³-hybridized carbons (Fsp3) is 0.538. The van der Waals surface area contributed by atoms with Crippen LogP contribution in [0.2, 0.25) is 0 Å². The Bertz CT molecular complexity index is 396. The molecule has 1 aromatic rings. The first kappa shape index (κ1) is 12.0. The number of amides is 1. The molecule has 1 amide bonds. The number of hydrogen-bond acceptors (Lipinski definition) is 2. The molecular weight excluding hydrogens is 219 g/mol. The molecule has 0 aromatic carbocycles. The Hall–Kier alpha value is -1.45. The number of nitrogens with zero attached hydrogens (tertiary/aromatic N) is 1. The van der Waals surface area contributed by atoms with E-state index in [1.54, 1.807) is 0 Å². The van der Waals surface area contributed by atoms with E-state index in [0.717, 1.165) is 25.7 Å². The molecule has 0 atom stereocenters. The number of halogens is 1. The lowest BCUT2D eigenvalue weighted by Gasteiger charge is -2.34. The minimum absolute atomic E-state index is 0.121. The third-order valence-corrected chi connectivity index (χ3v) is 3.36. The van der Waals surface area contributed by atoms with Gasteiger partial charge in [0.2, 0.25) is 5.95 Å². The van der Waals surface area contributed by atoms with Crippen LogP contribution in [0.4, 0.5) is 4.39 Å². The van der Waals surface area contributed by atoms with Crippen molar-refractivity contribution in [1.82, 2.24) is 10.3 Å². The van der Waals surface area contributed by atoms with E-state index >= 15 is 0 Å². The van der Waals surface area contributed by atoms with E-state index in [1.165, 1.54) is 24.8 Å². The second-order valence-electron chi connectivity index (χ2n) is 4.95. The summed E-state index contributed by atoms with van der Waals surface area (Å²) in [6.45, 7) is 2.07. The maximum Gasteiger partial charge on any atom is 0.253 e. The van der Waals surface area contributed by atoms with Crippen LogP contribution in [0.5, 0.6) is 0 Å². The van der Waals surface area contributed by atoms with Crippen molar-refractivity contribution < 1.29 is 9.18 Å². The van der Waals surface area contributed by atoms with Gasteiger partial charge in [-0.1, -0.05) is 19.3 Å². The number of carbonyl (C=O) groups excluding carboxylic acids is 1. The molecule has 0 spiro atoms. The zero-order valence-corrected chi connectivity index (χ0v) is 10.0. The van der Waals surface area contributed by atoms with E-state index in [1.807, 2.05) is 0 Å². The smallest absolute Gasteiger partial charge is 0.253 e. The standard InChI is InChI=1S/C13H17FN2O/c1-13(7-3-2-4-8-13)16-12(17)10-5-6-11(14)15-9-10/h5-6,9H,2-4,7-8H2,1H3,(H,16,17). The van der Waals surface area contributed by atoms with Crippen molar-refractivity contribution in [3.63, 3.8) is 0 Å². The first-order chi connectivity index (χ1) is 8.09. The van der Waals surface area contributed by atoms with Crippen LogP contribution in [0.25, 0.3) is 0 Å². The summed E-state index contributed by atoms with van der Waals surface area (Å²) in [5.41, 5.74) is 0.294. The van der Waals surface area contributed by atoms with Crippen LogP contribution in [-0.4, -0.2) is 16.4 Å². The molecule has 1 aromatic heterocycles. The molecule has 17 heavy (non-hydrogen) atoms. The van der Waals surface area contributed by atoms with Gasteiger partial charge in [-0.3, -0.25) is 4.79 Å². The SMILES string of the molecule is CC1(NC(=O)c2ccc(F)nc2)CCCCC1. The number of aromatic nitrogens is 1. The highest BCUT2D eigenvalue weighted by molar-refractivity contribution is 5.94. The number of pyridine rings is 1. The van der Waals surface area contributed by atoms with E-state index in [4.69, 9.17) is 0 Å². The van der Waals surface area contributed by atoms with Gasteiger partial charge in [0.05, 0.1) is 5.56 Å². The summed E-state index contributed by atoms with van der Waals surface area (Å²) in [6, 6.07) is 2.67. The highest BCUT2D eigenvalue weighted by Crippen LogP contribution is 2.27. The molecule has 1 aliphatic carbocycles. The van der Waals surface area contributed by atoms with Gasteiger partial charge < -0.3 is 5.32 Å². The lowest BCUT2D eigenvalue weighted by atomic mass is 9.83. The molecule has 0 unspecified atom stereocenters. The predicted molar refractivity (Wildman–Crippen MR) is 63.2 cm³/mol. The van der Waals surface area contributed by atoms with Gasteiger partial charge in [0.15, 0.2) is 0 Å². The van der Waals surface area contributed by atoms with Crippen molar-refractivity contribution in [3.05, 3.63) is 29.8 Å². The summed E-state index contributed by atoms with van der Waals surface area (Å²) < 4.78 is 12.6. The molecule has 2 rings (SSSR count). The third kappa shape index (κ3) is 3.02. The average Bonchev–Trinajstić information content (AvgIpc) is 2.30. The zero-order chi connectivity index (χ0) is 12.3. The summed E-state index contributed by atoms with van der Waals surface area (Å²) >= 11 is 0. The molecule has 1 fully saturated rings. The maximum atomic E-state index is 12.6. The summed E-state index contributed by atoms with van der Waals surface area (Å²) in [5.74, 6) is -0.729. The van der Waals surface area contributed by atoms with Crippen LogP contribution in [0.3, 0.4) is 0 Å². The van der Waals surface area contributed by atoms with E-state index in [9.17, 15) is 9.18 Å². The van der Waals surface area contributed by atoms with Crippen molar-refractivity contribution in [2.24, 2.45) is 0 Å². The van der Waals surface area contributed by atoms with Gasteiger partial charge in [-0.05, 0) is 31.9 Å².